The smallest absolute Gasteiger partial charge is 0.276 e. The first-order valence-corrected chi connectivity index (χ1v) is 6.83. The van der Waals surface area contributed by atoms with Crippen LogP contribution in [0, 0.1) is 5.92 Å². The molecule has 0 radical (unpaired) electrons. The number of nitrogens with two attached hydrogens (primary N) is 1. The second kappa shape index (κ2) is 6.91. The molecule has 2 N–H and O–H groups in total. The van der Waals surface area contributed by atoms with Gasteiger partial charge in [0, 0.05) is 5.75 Å². The number of rotatable bonds is 7. The number of nitrogens with zero attached hydrogens (tertiary/aromatic N) is 2. The lowest BCUT2D eigenvalue weighted by molar-refractivity contribution is 0.361. The zero-order valence-electron chi connectivity index (χ0n) is 10.3. The van der Waals surface area contributed by atoms with Gasteiger partial charge in [-0.3, -0.25) is 0 Å². The molecule has 16 heavy (non-hydrogen) atoms. The maximum atomic E-state index is 5.96. The topological polar surface area (TPSA) is 64.9 Å². The van der Waals surface area contributed by atoms with E-state index in [0.29, 0.717) is 17.0 Å². The van der Waals surface area contributed by atoms with Crippen molar-refractivity contribution in [2.24, 2.45) is 11.7 Å². The molecular formula is C11H21N3OS. The third-order valence-corrected chi connectivity index (χ3v) is 3.09. The Morgan fingerprint density at radius 1 is 1.38 bits per heavy atom. The van der Waals surface area contributed by atoms with Crippen LogP contribution in [0.1, 0.15) is 52.0 Å². The minimum absolute atomic E-state index is 0.131. The highest BCUT2D eigenvalue weighted by molar-refractivity contribution is 7.99. The minimum Gasteiger partial charge on any atom is -0.414 e. The normalized spacial score (nSPS) is 13.3. The molecule has 1 atom stereocenters. The van der Waals surface area contributed by atoms with Gasteiger partial charge in [-0.15, -0.1) is 10.2 Å². The fourth-order valence-electron chi connectivity index (χ4n) is 1.34. The molecule has 0 saturated heterocycles. The van der Waals surface area contributed by atoms with Gasteiger partial charge in [0.1, 0.15) is 0 Å². The van der Waals surface area contributed by atoms with Crippen molar-refractivity contribution in [1.29, 1.82) is 0 Å². The summed E-state index contributed by atoms with van der Waals surface area (Å²) in [5.41, 5.74) is 5.96. The molecule has 0 aliphatic carbocycles. The fourth-order valence-corrected chi connectivity index (χ4v) is 2.19. The lowest BCUT2D eigenvalue weighted by atomic mass is 10.1. The summed E-state index contributed by atoms with van der Waals surface area (Å²) in [6.45, 7) is 6.43. The van der Waals surface area contributed by atoms with Crippen LogP contribution >= 0.6 is 11.8 Å². The summed E-state index contributed by atoms with van der Waals surface area (Å²) in [7, 11) is 0. The maximum absolute atomic E-state index is 5.96. The van der Waals surface area contributed by atoms with E-state index in [1.165, 1.54) is 12.8 Å². The molecule has 1 aromatic rings. The summed E-state index contributed by atoms with van der Waals surface area (Å²) < 4.78 is 5.51. The van der Waals surface area contributed by atoms with E-state index in [-0.39, 0.29) is 6.04 Å². The van der Waals surface area contributed by atoms with Gasteiger partial charge in [-0.05, 0) is 18.8 Å². The van der Waals surface area contributed by atoms with Gasteiger partial charge in [-0.1, -0.05) is 39.0 Å². The summed E-state index contributed by atoms with van der Waals surface area (Å²) in [5.74, 6) is 2.13. The summed E-state index contributed by atoms with van der Waals surface area (Å²) in [6.07, 6.45) is 3.22. The highest BCUT2D eigenvalue weighted by Crippen LogP contribution is 2.22. The Labute approximate surface area is 101 Å². The quantitative estimate of drug-likeness (QED) is 0.589. The molecule has 0 bridgehead atoms. The van der Waals surface area contributed by atoms with E-state index in [0.717, 1.165) is 12.2 Å². The number of thioether (sulfide) groups is 1. The van der Waals surface area contributed by atoms with E-state index in [9.17, 15) is 0 Å². The standard InChI is InChI=1S/C11H21N3OS/c1-4-5-6-16-11-14-13-10(15-11)9(12)7-8(2)3/h8-9H,4-7,12H2,1-3H3. The van der Waals surface area contributed by atoms with Crippen LogP contribution in [0.5, 0.6) is 0 Å². The summed E-state index contributed by atoms with van der Waals surface area (Å²) in [5, 5.41) is 8.61. The van der Waals surface area contributed by atoms with Gasteiger partial charge < -0.3 is 10.2 Å². The molecule has 5 heteroatoms. The van der Waals surface area contributed by atoms with Crippen LogP contribution in [-0.4, -0.2) is 16.0 Å². The Hall–Kier alpha value is -0.550. The molecular weight excluding hydrogens is 222 g/mol. The van der Waals surface area contributed by atoms with Crippen molar-refractivity contribution < 1.29 is 4.42 Å². The van der Waals surface area contributed by atoms with Gasteiger partial charge in [0.25, 0.3) is 5.22 Å². The largest absolute Gasteiger partial charge is 0.414 e. The van der Waals surface area contributed by atoms with Crippen LogP contribution in [-0.2, 0) is 0 Å². The van der Waals surface area contributed by atoms with Gasteiger partial charge in [0.15, 0.2) is 0 Å². The first-order valence-electron chi connectivity index (χ1n) is 5.85. The highest BCUT2D eigenvalue weighted by atomic mass is 32.2. The molecule has 0 spiro atoms. The van der Waals surface area contributed by atoms with Gasteiger partial charge in [-0.25, -0.2) is 0 Å². The average Bonchev–Trinajstić information content (AvgIpc) is 2.66. The van der Waals surface area contributed by atoms with E-state index in [4.69, 9.17) is 10.2 Å². The number of hydrogen-bond acceptors (Lipinski definition) is 5. The Kier molecular flexibility index (Phi) is 5.84. The Balaban J connectivity index is 2.44. The molecule has 0 amide bonds. The zero-order valence-corrected chi connectivity index (χ0v) is 11.1. The number of hydrogen-bond donors (Lipinski definition) is 1. The summed E-state index contributed by atoms with van der Waals surface area (Å²) >= 11 is 1.61. The molecule has 0 saturated carbocycles. The van der Waals surface area contributed by atoms with Crippen molar-refractivity contribution in [2.45, 2.75) is 51.3 Å². The number of aromatic nitrogens is 2. The molecule has 1 aromatic heterocycles. The Morgan fingerprint density at radius 2 is 2.12 bits per heavy atom. The second-order valence-corrected chi connectivity index (χ2v) is 5.39. The third kappa shape index (κ3) is 4.53. The third-order valence-electron chi connectivity index (χ3n) is 2.19. The first kappa shape index (κ1) is 13.5. The first-order chi connectivity index (χ1) is 7.63. The van der Waals surface area contributed by atoms with Crippen molar-refractivity contribution >= 4 is 11.8 Å². The minimum atomic E-state index is -0.131. The van der Waals surface area contributed by atoms with Crippen LogP contribution in [0.4, 0.5) is 0 Å². The molecule has 0 aliphatic heterocycles. The van der Waals surface area contributed by atoms with E-state index in [2.05, 4.69) is 31.0 Å². The van der Waals surface area contributed by atoms with Gasteiger partial charge in [0.2, 0.25) is 5.89 Å². The van der Waals surface area contributed by atoms with Crippen LogP contribution in [0.25, 0.3) is 0 Å². The van der Waals surface area contributed by atoms with Crippen molar-refractivity contribution in [3.05, 3.63) is 5.89 Å². The SMILES string of the molecule is CCCCSc1nnc(C(N)CC(C)C)o1. The van der Waals surface area contributed by atoms with Gasteiger partial charge in [-0.2, -0.15) is 0 Å². The Bertz CT molecular complexity index is 301. The second-order valence-electron chi connectivity index (χ2n) is 4.34. The lowest BCUT2D eigenvalue weighted by Crippen LogP contribution is -2.13. The molecule has 92 valence electrons. The van der Waals surface area contributed by atoms with E-state index in [1.807, 2.05) is 0 Å². The highest BCUT2D eigenvalue weighted by Gasteiger charge is 2.15. The molecule has 1 rings (SSSR count). The van der Waals surface area contributed by atoms with Crippen molar-refractivity contribution in [3.8, 4) is 0 Å². The van der Waals surface area contributed by atoms with Crippen molar-refractivity contribution in [1.82, 2.24) is 10.2 Å². The molecule has 4 nitrogen and oxygen atoms in total. The van der Waals surface area contributed by atoms with E-state index < -0.39 is 0 Å². The van der Waals surface area contributed by atoms with E-state index >= 15 is 0 Å². The number of unbranched alkanes of at least 4 members (excludes halogenated alkanes) is 1. The lowest BCUT2D eigenvalue weighted by Gasteiger charge is -2.08. The van der Waals surface area contributed by atoms with Crippen LogP contribution in [0.15, 0.2) is 9.64 Å². The van der Waals surface area contributed by atoms with Crippen LogP contribution in [0.2, 0.25) is 0 Å². The maximum Gasteiger partial charge on any atom is 0.276 e. The van der Waals surface area contributed by atoms with Gasteiger partial charge >= 0.3 is 0 Å². The van der Waals surface area contributed by atoms with Crippen LogP contribution in [0.3, 0.4) is 0 Å². The fraction of sp³-hybridized carbons (Fsp3) is 0.818. The summed E-state index contributed by atoms with van der Waals surface area (Å²) in [4.78, 5) is 0. The van der Waals surface area contributed by atoms with Crippen molar-refractivity contribution in [2.75, 3.05) is 5.75 Å². The molecule has 1 heterocycles. The summed E-state index contributed by atoms with van der Waals surface area (Å²) in [6, 6.07) is -0.131. The van der Waals surface area contributed by atoms with Gasteiger partial charge in [0.05, 0.1) is 6.04 Å². The Morgan fingerprint density at radius 3 is 2.75 bits per heavy atom. The molecule has 0 fully saturated rings. The molecule has 0 aliphatic rings. The van der Waals surface area contributed by atoms with E-state index in [1.54, 1.807) is 11.8 Å². The molecule has 1 unspecified atom stereocenters. The van der Waals surface area contributed by atoms with Crippen molar-refractivity contribution in [3.63, 3.8) is 0 Å². The predicted molar refractivity (Wildman–Crippen MR) is 66.3 cm³/mol. The van der Waals surface area contributed by atoms with Crippen LogP contribution < -0.4 is 5.73 Å². The monoisotopic (exact) mass is 243 g/mol. The predicted octanol–water partition coefficient (Wildman–Crippen LogP) is 3.01. The average molecular weight is 243 g/mol. The molecule has 0 aromatic carbocycles. The zero-order chi connectivity index (χ0) is 12.0.